The van der Waals surface area contributed by atoms with E-state index in [4.69, 9.17) is 4.74 Å². The van der Waals surface area contributed by atoms with Gasteiger partial charge in [0.2, 0.25) is 0 Å². The molecule has 0 unspecified atom stereocenters. The molecule has 8 heteroatoms. The number of thiazole rings is 1. The van der Waals surface area contributed by atoms with Crippen LogP contribution in [-0.4, -0.2) is 33.1 Å². The van der Waals surface area contributed by atoms with E-state index in [1.807, 2.05) is 30.5 Å². The summed E-state index contributed by atoms with van der Waals surface area (Å²) in [6, 6.07) is 9.40. The first-order chi connectivity index (χ1) is 14.1. The van der Waals surface area contributed by atoms with Gasteiger partial charge in [-0.3, -0.25) is 4.79 Å². The van der Waals surface area contributed by atoms with Gasteiger partial charge in [0.15, 0.2) is 0 Å². The standard InChI is InChI=1S/C21H22N4O3S/c1-28-15-9-10-22-19(11-15)25-18-4-2-3-16(24-18)17-12-23-20(29-17)13-5-7-14(8-6-13)21(26)27/h2-4,9-14H,5-8H2,1H3,(H,26,27)(H,22,24,25)/t13-,14-. The normalized spacial score (nSPS) is 18.9. The Hall–Kier alpha value is -3.00. The zero-order chi connectivity index (χ0) is 20.2. The summed E-state index contributed by atoms with van der Waals surface area (Å²) in [6.45, 7) is 0. The number of nitrogens with one attached hydrogen (secondary N) is 1. The third kappa shape index (κ3) is 4.54. The Bertz CT molecular complexity index is 999. The summed E-state index contributed by atoms with van der Waals surface area (Å²) in [5, 5.41) is 13.4. The number of aromatic nitrogens is 3. The van der Waals surface area contributed by atoms with Gasteiger partial charge in [0, 0.05) is 24.4 Å². The summed E-state index contributed by atoms with van der Waals surface area (Å²) in [5.41, 5.74) is 0.848. The highest BCUT2D eigenvalue weighted by atomic mass is 32.1. The zero-order valence-electron chi connectivity index (χ0n) is 16.0. The van der Waals surface area contributed by atoms with E-state index in [0.29, 0.717) is 17.6 Å². The number of hydrogen-bond acceptors (Lipinski definition) is 7. The summed E-state index contributed by atoms with van der Waals surface area (Å²) in [7, 11) is 1.62. The molecule has 0 saturated heterocycles. The second-order valence-corrected chi connectivity index (χ2v) is 8.13. The second kappa shape index (κ2) is 8.57. The predicted octanol–water partition coefficient (Wildman–Crippen LogP) is 4.71. The van der Waals surface area contributed by atoms with E-state index < -0.39 is 5.97 Å². The number of anilines is 2. The van der Waals surface area contributed by atoms with Crippen molar-refractivity contribution in [1.82, 2.24) is 15.0 Å². The Morgan fingerprint density at radius 2 is 2.00 bits per heavy atom. The van der Waals surface area contributed by atoms with Crippen LogP contribution in [0.15, 0.2) is 42.7 Å². The van der Waals surface area contributed by atoms with Gasteiger partial charge in [0.1, 0.15) is 17.4 Å². The van der Waals surface area contributed by atoms with E-state index in [1.165, 1.54) is 0 Å². The topological polar surface area (TPSA) is 97.2 Å². The highest BCUT2D eigenvalue weighted by Gasteiger charge is 2.28. The highest BCUT2D eigenvalue weighted by Crippen LogP contribution is 2.39. The van der Waals surface area contributed by atoms with E-state index in [0.717, 1.165) is 47.0 Å². The van der Waals surface area contributed by atoms with E-state index in [2.05, 4.69) is 20.3 Å². The van der Waals surface area contributed by atoms with Gasteiger partial charge in [-0.05, 0) is 43.9 Å². The van der Waals surface area contributed by atoms with Gasteiger partial charge < -0.3 is 15.2 Å². The highest BCUT2D eigenvalue weighted by molar-refractivity contribution is 7.15. The van der Waals surface area contributed by atoms with E-state index in [1.54, 1.807) is 30.7 Å². The molecule has 0 atom stereocenters. The zero-order valence-corrected chi connectivity index (χ0v) is 16.9. The molecule has 1 fully saturated rings. The average molecular weight is 410 g/mol. The van der Waals surface area contributed by atoms with Gasteiger partial charge >= 0.3 is 5.97 Å². The van der Waals surface area contributed by atoms with Gasteiger partial charge in [-0.25, -0.2) is 15.0 Å². The van der Waals surface area contributed by atoms with E-state index >= 15 is 0 Å². The maximum absolute atomic E-state index is 11.1. The van der Waals surface area contributed by atoms with Gasteiger partial charge in [0.05, 0.1) is 28.6 Å². The number of aliphatic carboxylic acids is 1. The molecule has 0 bridgehead atoms. The van der Waals surface area contributed by atoms with E-state index in [-0.39, 0.29) is 5.92 Å². The predicted molar refractivity (Wildman–Crippen MR) is 112 cm³/mol. The van der Waals surface area contributed by atoms with Gasteiger partial charge in [0.25, 0.3) is 0 Å². The van der Waals surface area contributed by atoms with Crippen LogP contribution in [-0.2, 0) is 4.79 Å². The van der Waals surface area contributed by atoms with Crippen molar-refractivity contribution < 1.29 is 14.6 Å². The fraction of sp³-hybridized carbons (Fsp3) is 0.333. The summed E-state index contributed by atoms with van der Waals surface area (Å²) < 4.78 is 5.23. The van der Waals surface area contributed by atoms with Gasteiger partial charge in [-0.2, -0.15) is 0 Å². The molecule has 3 aromatic rings. The Balaban J connectivity index is 1.47. The van der Waals surface area contributed by atoms with Gasteiger partial charge in [-0.15, -0.1) is 11.3 Å². The monoisotopic (exact) mass is 410 g/mol. The molecule has 0 spiro atoms. The summed E-state index contributed by atoms with van der Waals surface area (Å²) in [4.78, 5) is 25.7. The Labute approximate surface area is 172 Å². The molecule has 3 aromatic heterocycles. The molecule has 0 radical (unpaired) electrons. The number of nitrogens with zero attached hydrogens (tertiary/aromatic N) is 3. The summed E-state index contributed by atoms with van der Waals surface area (Å²) >= 11 is 1.64. The van der Waals surface area contributed by atoms with Crippen LogP contribution in [0.2, 0.25) is 0 Å². The van der Waals surface area contributed by atoms with Crippen LogP contribution in [0.3, 0.4) is 0 Å². The minimum absolute atomic E-state index is 0.208. The van der Waals surface area contributed by atoms with Crippen LogP contribution in [0.25, 0.3) is 10.6 Å². The lowest BCUT2D eigenvalue weighted by molar-refractivity contribution is -0.142. The van der Waals surface area contributed by atoms with Crippen molar-refractivity contribution in [2.45, 2.75) is 31.6 Å². The average Bonchev–Trinajstić information content (AvgIpc) is 3.24. The van der Waals surface area contributed by atoms with Crippen LogP contribution in [0, 0.1) is 5.92 Å². The number of rotatable bonds is 6. The molecular formula is C21H22N4O3S. The molecule has 7 nitrogen and oxygen atoms in total. The SMILES string of the molecule is COc1ccnc(Nc2cccc(-c3cnc([C@H]4CC[C@H](C(=O)O)CC4)s3)n2)c1. The summed E-state index contributed by atoms with van der Waals surface area (Å²) in [5.74, 6) is 1.53. The smallest absolute Gasteiger partial charge is 0.306 e. The van der Waals surface area contributed by atoms with Crippen molar-refractivity contribution >= 4 is 28.9 Å². The molecule has 0 aromatic carbocycles. The largest absolute Gasteiger partial charge is 0.497 e. The molecule has 1 aliphatic carbocycles. The molecule has 3 heterocycles. The minimum atomic E-state index is -0.678. The van der Waals surface area contributed by atoms with Crippen LogP contribution >= 0.6 is 11.3 Å². The van der Waals surface area contributed by atoms with Crippen LogP contribution in [0.4, 0.5) is 11.6 Å². The molecule has 0 amide bonds. The summed E-state index contributed by atoms with van der Waals surface area (Å²) in [6.07, 6.45) is 6.74. The maximum atomic E-state index is 11.1. The third-order valence-electron chi connectivity index (χ3n) is 5.17. The van der Waals surface area contributed by atoms with Crippen LogP contribution in [0.5, 0.6) is 5.75 Å². The van der Waals surface area contributed by atoms with Gasteiger partial charge in [-0.1, -0.05) is 6.07 Å². The molecule has 2 N–H and O–H groups in total. The number of carbonyl (C=O) groups is 1. The van der Waals surface area contributed by atoms with Crippen molar-refractivity contribution in [3.05, 3.63) is 47.7 Å². The molecule has 4 rings (SSSR count). The van der Waals surface area contributed by atoms with Crippen LogP contribution < -0.4 is 10.1 Å². The number of methoxy groups -OCH3 is 1. The lowest BCUT2D eigenvalue weighted by Gasteiger charge is -2.24. The fourth-order valence-electron chi connectivity index (χ4n) is 3.56. The van der Waals surface area contributed by atoms with Crippen LogP contribution in [0.1, 0.15) is 36.6 Å². The number of hydrogen-bond donors (Lipinski definition) is 2. The maximum Gasteiger partial charge on any atom is 0.306 e. The molecule has 150 valence electrons. The third-order valence-corrected chi connectivity index (χ3v) is 6.36. The Kier molecular flexibility index (Phi) is 5.71. The molecule has 1 aliphatic rings. The van der Waals surface area contributed by atoms with Crippen molar-refractivity contribution in [3.8, 4) is 16.3 Å². The number of carboxylic acid groups (broad SMARTS) is 1. The van der Waals surface area contributed by atoms with Crippen molar-refractivity contribution in [2.24, 2.45) is 5.92 Å². The number of carboxylic acids is 1. The molecule has 1 saturated carbocycles. The quantitative estimate of drug-likeness (QED) is 0.607. The van der Waals surface area contributed by atoms with Crippen molar-refractivity contribution in [3.63, 3.8) is 0 Å². The van der Waals surface area contributed by atoms with Crippen molar-refractivity contribution in [2.75, 3.05) is 12.4 Å². The second-order valence-electron chi connectivity index (χ2n) is 7.06. The first kappa shape index (κ1) is 19.3. The minimum Gasteiger partial charge on any atom is -0.497 e. The molecule has 29 heavy (non-hydrogen) atoms. The van der Waals surface area contributed by atoms with E-state index in [9.17, 15) is 9.90 Å². The lowest BCUT2D eigenvalue weighted by Crippen LogP contribution is -2.20. The number of pyridine rings is 2. The van der Waals surface area contributed by atoms with Crippen molar-refractivity contribution in [1.29, 1.82) is 0 Å². The first-order valence-electron chi connectivity index (χ1n) is 9.55. The Morgan fingerprint density at radius 3 is 2.76 bits per heavy atom. The lowest BCUT2D eigenvalue weighted by atomic mass is 9.82. The molecule has 0 aliphatic heterocycles. The molecular weight excluding hydrogens is 388 g/mol. The number of ether oxygens (including phenoxy) is 1. The first-order valence-corrected chi connectivity index (χ1v) is 10.4. The fourth-order valence-corrected chi connectivity index (χ4v) is 4.62. The Morgan fingerprint density at radius 1 is 1.17 bits per heavy atom.